The van der Waals surface area contributed by atoms with Crippen LogP contribution < -0.4 is 10.6 Å². The maximum Gasteiger partial charge on any atom is 0.271 e. The van der Waals surface area contributed by atoms with Gasteiger partial charge >= 0.3 is 0 Å². The number of amides is 1. The van der Waals surface area contributed by atoms with Crippen LogP contribution in [0, 0.1) is 5.41 Å². The van der Waals surface area contributed by atoms with E-state index in [1.165, 1.54) is 12.8 Å². The van der Waals surface area contributed by atoms with E-state index in [1.807, 2.05) is 0 Å². The van der Waals surface area contributed by atoms with Crippen LogP contribution in [-0.2, 0) is 0 Å². The van der Waals surface area contributed by atoms with E-state index in [9.17, 15) is 4.79 Å². The Kier molecular flexibility index (Phi) is 2.77. The lowest BCUT2D eigenvalue weighted by atomic mass is 10.1. The molecule has 0 saturated heterocycles. The third-order valence-corrected chi connectivity index (χ3v) is 2.93. The molecule has 0 aliphatic heterocycles. The molecule has 2 rings (SSSR count). The molecule has 1 aliphatic carbocycles. The number of hydrogen-bond donors (Lipinski definition) is 2. The van der Waals surface area contributed by atoms with Crippen LogP contribution in [0.3, 0.4) is 0 Å². The lowest BCUT2D eigenvalue weighted by molar-refractivity contribution is 0.0940. The fourth-order valence-electron chi connectivity index (χ4n) is 1.36. The van der Waals surface area contributed by atoms with Gasteiger partial charge in [-0.2, -0.15) is 0 Å². The van der Waals surface area contributed by atoms with Gasteiger partial charge in [0.05, 0.1) is 0 Å². The second kappa shape index (κ2) is 4.08. The summed E-state index contributed by atoms with van der Waals surface area (Å²) in [7, 11) is 1.76. The van der Waals surface area contributed by atoms with Gasteiger partial charge in [0.25, 0.3) is 5.91 Å². The van der Waals surface area contributed by atoms with E-state index in [-0.39, 0.29) is 5.91 Å². The standard InChI is InChI=1S/C11H16N4O/c1-11(5-6-11)7-13-10(16)8-3-4-9(12-2)15-14-8/h3-4H,5-7H2,1-2H3,(H,12,15)(H,13,16). The highest BCUT2D eigenvalue weighted by atomic mass is 16.1. The third kappa shape index (κ3) is 2.48. The Bertz CT molecular complexity index is 383. The summed E-state index contributed by atoms with van der Waals surface area (Å²) in [4.78, 5) is 11.7. The molecular formula is C11H16N4O. The number of nitrogens with zero attached hydrogens (tertiary/aromatic N) is 2. The van der Waals surface area contributed by atoms with Crippen molar-refractivity contribution < 1.29 is 4.79 Å². The molecule has 16 heavy (non-hydrogen) atoms. The Labute approximate surface area is 94.6 Å². The monoisotopic (exact) mass is 220 g/mol. The summed E-state index contributed by atoms with van der Waals surface area (Å²) >= 11 is 0. The fourth-order valence-corrected chi connectivity index (χ4v) is 1.36. The van der Waals surface area contributed by atoms with Crippen LogP contribution in [0.25, 0.3) is 0 Å². The number of rotatable bonds is 4. The van der Waals surface area contributed by atoms with Crippen LogP contribution in [0.2, 0.25) is 0 Å². The molecule has 1 aliphatic rings. The van der Waals surface area contributed by atoms with Gasteiger partial charge in [-0.1, -0.05) is 6.92 Å². The largest absolute Gasteiger partial charge is 0.372 e. The minimum Gasteiger partial charge on any atom is -0.372 e. The minimum atomic E-state index is -0.150. The average Bonchev–Trinajstić information content (AvgIpc) is 3.05. The minimum absolute atomic E-state index is 0.150. The highest BCUT2D eigenvalue weighted by Crippen LogP contribution is 2.44. The topological polar surface area (TPSA) is 66.9 Å². The Hall–Kier alpha value is -1.65. The highest BCUT2D eigenvalue weighted by Gasteiger charge is 2.37. The van der Waals surface area contributed by atoms with Gasteiger partial charge in [0.15, 0.2) is 5.69 Å². The van der Waals surface area contributed by atoms with Crippen molar-refractivity contribution in [3.63, 3.8) is 0 Å². The molecule has 1 fully saturated rings. The first-order chi connectivity index (χ1) is 7.63. The van der Waals surface area contributed by atoms with E-state index in [0.717, 1.165) is 6.54 Å². The lowest BCUT2D eigenvalue weighted by Crippen LogP contribution is -2.29. The van der Waals surface area contributed by atoms with Gasteiger partial charge in [0.1, 0.15) is 5.82 Å². The van der Waals surface area contributed by atoms with Crippen LogP contribution in [0.5, 0.6) is 0 Å². The van der Waals surface area contributed by atoms with Crippen molar-refractivity contribution in [2.45, 2.75) is 19.8 Å². The summed E-state index contributed by atoms with van der Waals surface area (Å²) < 4.78 is 0. The molecule has 1 aromatic heterocycles. The summed E-state index contributed by atoms with van der Waals surface area (Å²) in [6, 6.07) is 3.41. The molecule has 1 heterocycles. The Balaban J connectivity index is 1.92. The number of carbonyl (C=O) groups is 1. The lowest BCUT2D eigenvalue weighted by Gasteiger charge is -2.09. The first-order valence-corrected chi connectivity index (χ1v) is 5.43. The van der Waals surface area contributed by atoms with Gasteiger partial charge in [-0.15, -0.1) is 10.2 Å². The van der Waals surface area contributed by atoms with Crippen LogP contribution in [0.1, 0.15) is 30.3 Å². The molecule has 0 aromatic carbocycles. The van der Waals surface area contributed by atoms with E-state index in [1.54, 1.807) is 19.2 Å². The van der Waals surface area contributed by atoms with Crippen molar-refractivity contribution in [1.29, 1.82) is 0 Å². The molecule has 86 valence electrons. The van der Waals surface area contributed by atoms with Crippen molar-refractivity contribution >= 4 is 11.7 Å². The van der Waals surface area contributed by atoms with Gasteiger partial charge < -0.3 is 10.6 Å². The Morgan fingerprint density at radius 2 is 2.19 bits per heavy atom. The smallest absolute Gasteiger partial charge is 0.271 e. The number of hydrogen-bond acceptors (Lipinski definition) is 4. The van der Waals surface area contributed by atoms with E-state index < -0.39 is 0 Å². The fraction of sp³-hybridized carbons (Fsp3) is 0.545. The molecule has 0 unspecified atom stereocenters. The van der Waals surface area contributed by atoms with E-state index in [2.05, 4.69) is 27.8 Å². The second-order valence-corrected chi connectivity index (χ2v) is 4.55. The van der Waals surface area contributed by atoms with Crippen molar-refractivity contribution in [1.82, 2.24) is 15.5 Å². The molecule has 1 amide bonds. The maximum absolute atomic E-state index is 11.7. The number of nitrogens with one attached hydrogen (secondary N) is 2. The first-order valence-electron chi connectivity index (χ1n) is 5.43. The van der Waals surface area contributed by atoms with Gasteiger partial charge in [0, 0.05) is 13.6 Å². The summed E-state index contributed by atoms with van der Waals surface area (Å²) in [6.45, 7) is 2.89. The van der Waals surface area contributed by atoms with Gasteiger partial charge in [0.2, 0.25) is 0 Å². The Morgan fingerprint density at radius 1 is 1.44 bits per heavy atom. The molecule has 5 heteroatoms. The van der Waals surface area contributed by atoms with Crippen LogP contribution in [-0.4, -0.2) is 29.7 Å². The van der Waals surface area contributed by atoms with E-state index in [0.29, 0.717) is 16.9 Å². The Morgan fingerprint density at radius 3 is 2.69 bits per heavy atom. The number of carbonyl (C=O) groups excluding carboxylic acids is 1. The van der Waals surface area contributed by atoms with Crippen LogP contribution in [0.4, 0.5) is 5.82 Å². The van der Waals surface area contributed by atoms with Crippen LogP contribution >= 0.6 is 0 Å². The molecule has 5 nitrogen and oxygen atoms in total. The van der Waals surface area contributed by atoms with Gasteiger partial charge in [-0.05, 0) is 30.4 Å². The normalized spacial score (nSPS) is 16.6. The van der Waals surface area contributed by atoms with Crippen molar-refractivity contribution in [3.8, 4) is 0 Å². The zero-order valence-corrected chi connectivity index (χ0v) is 9.58. The van der Waals surface area contributed by atoms with Gasteiger partial charge in [-0.25, -0.2) is 0 Å². The summed E-state index contributed by atoms with van der Waals surface area (Å²) in [5.74, 6) is 0.508. The summed E-state index contributed by atoms with van der Waals surface area (Å²) in [5, 5.41) is 13.4. The van der Waals surface area contributed by atoms with Gasteiger partial charge in [-0.3, -0.25) is 4.79 Å². The molecule has 2 N–H and O–H groups in total. The zero-order chi connectivity index (χ0) is 11.6. The average molecular weight is 220 g/mol. The first kappa shape index (κ1) is 10.9. The molecular weight excluding hydrogens is 204 g/mol. The molecule has 0 atom stereocenters. The number of anilines is 1. The third-order valence-electron chi connectivity index (χ3n) is 2.93. The van der Waals surface area contributed by atoms with E-state index >= 15 is 0 Å². The second-order valence-electron chi connectivity index (χ2n) is 4.55. The number of aromatic nitrogens is 2. The molecule has 1 aromatic rings. The predicted octanol–water partition coefficient (Wildman–Crippen LogP) is 1.05. The summed E-state index contributed by atoms with van der Waals surface area (Å²) in [5.41, 5.74) is 0.678. The quantitative estimate of drug-likeness (QED) is 0.796. The van der Waals surface area contributed by atoms with E-state index in [4.69, 9.17) is 0 Å². The molecule has 0 radical (unpaired) electrons. The van der Waals surface area contributed by atoms with Crippen molar-refractivity contribution in [3.05, 3.63) is 17.8 Å². The zero-order valence-electron chi connectivity index (χ0n) is 9.58. The molecule has 0 bridgehead atoms. The van der Waals surface area contributed by atoms with Crippen molar-refractivity contribution in [2.24, 2.45) is 5.41 Å². The molecule has 0 spiro atoms. The van der Waals surface area contributed by atoms with Crippen LogP contribution in [0.15, 0.2) is 12.1 Å². The summed E-state index contributed by atoms with van der Waals surface area (Å²) in [6.07, 6.45) is 2.38. The highest BCUT2D eigenvalue weighted by molar-refractivity contribution is 5.92. The molecule has 1 saturated carbocycles. The maximum atomic E-state index is 11.7. The SMILES string of the molecule is CNc1ccc(C(=O)NCC2(C)CC2)nn1. The van der Waals surface area contributed by atoms with Crippen molar-refractivity contribution in [2.75, 3.05) is 18.9 Å². The predicted molar refractivity (Wildman–Crippen MR) is 61.3 cm³/mol.